The summed E-state index contributed by atoms with van der Waals surface area (Å²) in [5, 5.41) is 8.30. The monoisotopic (exact) mass is 224 g/mol. The SMILES string of the molecule is CC(=CCCN)C(=O)O.CN(C)C.Cl. The smallest absolute Gasteiger partial charge is 0.330 e. The van der Waals surface area contributed by atoms with E-state index in [1.807, 2.05) is 26.0 Å². The lowest BCUT2D eigenvalue weighted by Gasteiger charge is -1.90. The molecule has 86 valence electrons. The first-order valence-corrected chi connectivity index (χ1v) is 4.12. The molecule has 0 aliphatic heterocycles. The minimum absolute atomic E-state index is 0. The Labute approximate surface area is 92.2 Å². The van der Waals surface area contributed by atoms with Crippen molar-refractivity contribution in [1.82, 2.24) is 4.90 Å². The third kappa shape index (κ3) is 22.5. The Kier molecular flexibility index (Phi) is 16.9. The molecule has 14 heavy (non-hydrogen) atoms. The first-order valence-electron chi connectivity index (χ1n) is 4.12. The van der Waals surface area contributed by atoms with Crippen molar-refractivity contribution in [2.45, 2.75) is 13.3 Å². The van der Waals surface area contributed by atoms with Gasteiger partial charge in [-0.15, -0.1) is 12.4 Å². The Hall–Kier alpha value is -0.580. The fourth-order valence-corrected chi connectivity index (χ4v) is 0.387. The maximum atomic E-state index is 10.1. The molecule has 0 spiro atoms. The van der Waals surface area contributed by atoms with Crippen LogP contribution in [0.3, 0.4) is 0 Å². The van der Waals surface area contributed by atoms with Gasteiger partial charge in [0.2, 0.25) is 0 Å². The van der Waals surface area contributed by atoms with E-state index in [4.69, 9.17) is 10.8 Å². The van der Waals surface area contributed by atoms with Gasteiger partial charge in [0, 0.05) is 5.57 Å². The summed E-state index contributed by atoms with van der Waals surface area (Å²) in [5.74, 6) is -0.872. The summed E-state index contributed by atoms with van der Waals surface area (Å²) >= 11 is 0. The third-order valence-electron chi connectivity index (χ3n) is 0.955. The highest BCUT2D eigenvalue weighted by Gasteiger charge is 1.95. The van der Waals surface area contributed by atoms with Gasteiger partial charge in [0.05, 0.1) is 0 Å². The maximum absolute atomic E-state index is 10.1. The average Bonchev–Trinajstić information content (AvgIpc) is 1.98. The minimum Gasteiger partial charge on any atom is -0.478 e. The van der Waals surface area contributed by atoms with Crippen molar-refractivity contribution in [1.29, 1.82) is 0 Å². The molecule has 0 amide bonds. The number of nitrogens with zero attached hydrogens (tertiary/aromatic N) is 1. The van der Waals surface area contributed by atoms with E-state index >= 15 is 0 Å². The van der Waals surface area contributed by atoms with Crippen LogP contribution in [0.15, 0.2) is 11.6 Å². The fraction of sp³-hybridized carbons (Fsp3) is 0.667. The van der Waals surface area contributed by atoms with Crippen LogP contribution >= 0.6 is 12.4 Å². The Morgan fingerprint density at radius 3 is 2.00 bits per heavy atom. The number of carboxylic acid groups (broad SMARTS) is 1. The second-order valence-electron chi connectivity index (χ2n) is 3.11. The quantitative estimate of drug-likeness (QED) is 0.701. The fourth-order valence-electron chi connectivity index (χ4n) is 0.387. The lowest BCUT2D eigenvalue weighted by molar-refractivity contribution is -0.132. The zero-order valence-electron chi connectivity index (χ0n) is 9.28. The van der Waals surface area contributed by atoms with Crippen LogP contribution in [-0.4, -0.2) is 43.7 Å². The molecule has 0 aromatic carbocycles. The van der Waals surface area contributed by atoms with E-state index in [1.165, 1.54) is 0 Å². The zero-order chi connectivity index (χ0) is 10.9. The average molecular weight is 225 g/mol. The van der Waals surface area contributed by atoms with Crippen LogP contribution < -0.4 is 5.73 Å². The van der Waals surface area contributed by atoms with Crippen molar-refractivity contribution in [3.05, 3.63) is 11.6 Å². The van der Waals surface area contributed by atoms with Crippen molar-refractivity contribution in [3.8, 4) is 0 Å². The van der Waals surface area contributed by atoms with E-state index in [-0.39, 0.29) is 12.4 Å². The number of rotatable bonds is 3. The van der Waals surface area contributed by atoms with Gasteiger partial charge in [-0.2, -0.15) is 0 Å². The van der Waals surface area contributed by atoms with Crippen LogP contribution in [0, 0.1) is 0 Å². The van der Waals surface area contributed by atoms with Gasteiger partial charge in [-0.05, 0) is 41.0 Å². The van der Waals surface area contributed by atoms with Gasteiger partial charge in [0.15, 0.2) is 0 Å². The van der Waals surface area contributed by atoms with E-state index < -0.39 is 5.97 Å². The maximum Gasteiger partial charge on any atom is 0.330 e. The standard InChI is InChI=1S/C6H11NO2.C3H9N.ClH/c1-5(6(8)9)3-2-4-7;1-4(2)3;/h3H,2,4,7H2,1H3,(H,8,9);1-3H3;1H. The predicted octanol–water partition coefficient (Wildman–Crippen LogP) is 0.966. The third-order valence-corrected chi connectivity index (χ3v) is 0.955. The van der Waals surface area contributed by atoms with Crippen LogP contribution in [0.5, 0.6) is 0 Å². The molecule has 0 radical (unpaired) electrons. The molecule has 0 atom stereocenters. The van der Waals surface area contributed by atoms with E-state index in [1.54, 1.807) is 13.0 Å². The molecule has 0 aromatic rings. The lowest BCUT2D eigenvalue weighted by Crippen LogP contribution is -1.99. The van der Waals surface area contributed by atoms with Crippen LogP contribution in [0.2, 0.25) is 0 Å². The highest BCUT2D eigenvalue weighted by atomic mass is 35.5. The molecule has 0 aliphatic carbocycles. The van der Waals surface area contributed by atoms with Gasteiger partial charge < -0.3 is 15.7 Å². The molecule has 0 saturated carbocycles. The predicted molar refractivity (Wildman–Crippen MR) is 61.9 cm³/mol. The van der Waals surface area contributed by atoms with E-state index in [0.717, 1.165) is 0 Å². The van der Waals surface area contributed by atoms with Gasteiger partial charge >= 0.3 is 5.97 Å². The summed E-state index contributed by atoms with van der Waals surface area (Å²) in [5.41, 5.74) is 5.50. The Morgan fingerprint density at radius 1 is 1.43 bits per heavy atom. The summed E-state index contributed by atoms with van der Waals surface area (Å²) in [4.78, 5) is 12.1. The molecular formula is C9H21ClN2O2. The number of aliphatic carboxylic acids is 1. The number of nitrogens with two attached hydrogens (primary N) is 1. The highest BCUT2D eigenvalue weighted by Crippen LogP contribution is 1.92. The number of hydrogen-bond acceptors (Lipinski definition) is 3. The highest BCUT2D eigenvalue weighted by molar-refractivity contribution is 5.85. The molecule has 0 fully saturated rings. The Morgan fingerprint density at radius 2 is 1.79 bits per heavy atom. The number of carboxylic acids is 1. The van der Waals surface area contributed by atoms with Crippen LogP contribution in [0.4, 0.5) is 0 Å². The van der Waals surface area contributed by atoms with Gasteiger partial charge in [-0.25, -0.2) is 4.79 Å². The molecule has 0 aliphatic rings. The zero-order valence-corrected chi connectivity index (χ0v) is 10.1. The minimum atomic E-state index is -0.872. The van der Waals surface area contributed by atoms with Crippen molar-refractivity contribution in [3.63, 3.8) is 0 Å². The van der Waals surface area contributed by atoms with Crippen LogP contribution in [0.25, 0.3) is 0 Å². The normalized spacial score (nSPS) is 10.0. The van der Waals surface area contributed by atoms with E-state index in [9.17, 15) is 4.79 Å². The van der Waals surface area contributed by atoms with Crippen molar-refractivity contribution < 1.29 is 9.90 Å². The van der Waals surface area contributed by atoms with Gasteiger partial charge in [0.1, 0.15) is 0 Å². The molecule has 0 bridgehead atoms. The van der Waals surface area contributed by atoms with Crippen molar-refractivity contribution >= 4 is 18.4 Å². The molecular weight excluding hydrogens is 204 g/mol. The second kappa shape index (κ2) is 12.4. The second-order valence-corrected chi connectivity index (χ2v) is 3.11. The van der Waals surface area contributed by atoms with Gasteiger partial charge in [0.25, 0.3) is 0 Å². The van der Waals surface area contributed by atoms with Crippen molar-refractivity contribution in [2.24, 2.45) is 5.73 Å². The Bertz CT molecular complexity index is 167. The number of hydrogen-bond donors (Lipinski definition) is 2. The van der Waals surface area contributed by atoms with E-state index in [2.05, 4.69) is 0 Å². The summed E-state index contributed by atoms with van der Waals surface area (Å²) in [7, 11) is 6.00. The summed E-state index contributed by atoms with van der Waals surface area (Å²) in [6, 6.07) is 0. The molecule has 0 rings (SSSR count). The van der Waals surface area contributed by atoms with Gasteiger partial charge in [-0.1, -0.05) is 6.08 Å². The molecule has 0 heterocycles. The summed E-state index contributed by atoms with van der Waals surface area (Å²) in [6.07, 6.45) is 2.25. The summed E-state index contributed by atoms with van der Waals surface area (Å²) in [6.45, 7) is 2.06. The molecule has 5 heteroatoms. The molecule has 4 nitrogen and oxygen atoms in total. The van der Waals surface area contributed by atoms with Crippen molar-refractivity contribution in [2.75, 3.05) is 27.7 Å². The first kappa shape index (κ1) is 19.1. The topological polar surface area (TPSA) is 66.6 Å². The number of carbonyl (C=O) groups is 1. The van der Waals surface area contributed by atoms with E-state index in [0.29, 0.717) is 18.5 Å². The molecule has 0 aromatic heterocycles. The van der Waals surface area contributed by atoms with Gasteiger partial charge in [-0.3, -0.25) is 0 Å². The number of halogens is 1. The largest absolute Gasteiger partial charge is 0.478 e. The molecule has 3 N–H and O–H groups in total. The van der Waals surface area contributed by atoms with Crippen LogP contribution in [-0.2, 0) is 4.79 Å². The molecule has 0 saturated heterocycles. The first-order chi connectivity index (χ1) is 5.91. The van der Waals surface area contributed by atoms with Crippen LogP contribution in [0.1, 0.15) is 13.3 Å². The molecule has 0 unspecified atom stereocenters. The summed E-state index contributed by atoms with van der Waals surface area (Å²) < 4.78 is 0. The Balaban J connectivity index is -0.000000209. The lowest BCUT2D eigenvalue weighted by atomic mass is 10.2.